The number of anilines is 1. The summed E-state index contributed by atoms with van der Waals surface area (Å²) in [6.07, 6.45) is 5.31. The highest BCUT2D eigenvalue weighted by molar-refractivity contribution is 5.92. The number of carbonyl (C=O) groups is 1. The summed E-state index contributed by atoms with van der Waals surface area (Å²) in [6, 6.07) is 3.43. The first-order valence-corrected chi connectivity index (χ1v) is 7.02. The minimum absolute atomic E-state index is 0.223. The van der Waals surface area contributed by atoms with E-state index in [9.17, 15) is 4.79 Å². The van der Waals surface area contributed by atoms with Crippen LogP contribution in [0.2, 0.25) is 0 Å². The molecule has 2 rings (SSSR count). The first-order chi connectivity index (χ1) is 10.2. The van der Waals surface area contributed by atoms with E-state index in [1.54, 1.807) is 18.3 Å². The molecule has 0 aromatic carbocycles. The fourth-order valence-corrected chi connectivity index (χ4v) is 1.82. The van der Waals surface area contributed by atoms with Crippen LogP contribution in [0.5, 0.6) is 0 Å². The van der Waals surface area contributed by atoms with E-state index in [0.717, 1.165) is 18.8 Å². The largest absolute Gasteiger partial charge is 0.369 e. The Kier molecular flexibility index (Phi) is 5.25. The molecule has 0 radical (unpaired) electrons. The van der Waals surface area contributed by atoms with Gasteiger partial charge >= 0.3 is 0 Å². The van der Waals surface area contributed by atoms with Crippen molar-refractivity contribution >= 4 is 11.7 Å². The highest BCUT2D eigenvalue weighted by Crippen LogP contribution is 2.02. The van der Waals surface area contributed by atoms with Gasteiger partial charge in [-0.25, -0.2) is 4.98 Å². The number of imidazole rings is 1. The zero-order valence-corrected chi connectivity index (χ0v) is 12.3. The van der Waals surface area contributed by atoms with Crippen LogP contribution in [0.25, 0.3) is 0 Å². The van der Waals surface area contributed by atoms with Gasteiger partial charge in [0.15, 0.2) is 5.69 Å². The predicted molar refractivity (Wildman–Crippen MR) is 80.1 cm³/mol. The summed E-state index contributed by atoms with van der Waals surface area (Å²) in [5.74, 6) is 1.39. The lowest BCUT2D eigenvalue weighted by Gasteiger charge is -2.06. The lowest BCUT2D eigenvalue weighted by Crippen LogP contribution is -2.27. The van der Waals surface area contributed by atoms with E-state index in [-0.39, 0.29) is 5.91 Å². The quantitative estimate of drug-likeness (QED) is 0.794. The van der Waals surface area contributed by atoms with Crippen molar-refractivity contribution in [1.29, 1.82) is 0 Å². The number of aryl methyl sites for hydroxylation is 1. The molecule has 0 unspecified atom stereocenters. The average molecular weight is 288 g/mol. The predicted octanol–water partition coefficient (Wildman–Crippen LogP) is 1.00. The number of carbonyl (C=O) groups excluding carboxylic acids is 1. The topological polar surface area (TPSA) is 84.7 Å². The van der Waals surface area contributed by atoms with E-state index in [1.807, 2.05) is 17.8 Å². The first kappa shape index (κ1) is 15.0. The molecule has 0 spiro atoms. The van der Waals surface area contributed by atoms with Crippen molar-refractivity contribution in [2.45, 2.75) is 19.8 Å². The van der Waals surface area contributed by atoms with Gasteiger partial charge in [0.2, 0.25) is 0 Å². The molecule has 2 aromatic rings. The van der Waals surface area contributed by atoms with E-state index in [1.165, 1.54) is 0 Å². The van der Waals surface area contributed by atoms with Gasteiger partial charge in [0.25, 0.3) is 5.91 Å². The van der Waals surface area contributed by atoms with Crippen molar-refractivity contribution < 1.29 is 4.79 Å². The fourth-order valence-electron chi connectivity index (χ4n) is 1.82. The molecule has 0 saturated carbocycles. The Labute approximate surface area is 123 Å². The van der Waals surface area contributed by atoms with Gasteiger partial charge in [-0.2, -0.15) is 0 Å². The molecular formula is C14H20N6O. The fraction of sp³-hybridized carbons (Fsp3) is 0.429. The van der Waals surface area contributed by atoms with Crippen LogP contribution in [0.3, 0.4) is 0 Å². The molecule has 7 heteroatoms. The molecule has 2 aromatic heterocycles. The number of hydrogen-bond acceptors (Lipinski definition) is 5. The lowest BCUT2D eigenvalue weighted by molar-refractivity contribution is 0.0948. The van der Waals surface area contributed by atoms with E-state index in [4.69, 9.17) is 0 Å². The van der Waals surface area contributed by atoms with Gasteiger partial charge in [-0.15, -0.1) is 10.2 Å². The smallest absolute Gasteiger partial charge is 0.271 e. The number of amides is 1. The second-order valence-electron chi connectivity index (χ2n) is 4.69. The van der Waals surface area contributed by atoms with Gasteiger partial charge in [-0.3, -0.25) is 4.79 Å². The molecule has 112 valence electrons. The summed E-state index contributed by atoms with van der Waals surface area (Å²) in [5.41, 5.74) is 0.317. The number of aromatic nitrogens is 4. The maximum atomic E-state index is 11.9. The number of nitrogens with zero attached hydrogens (tertiary/aromatic N) is 4. The van der Waals surface area contributed by atoms with Gasteiger partial charge in [0.1, 0.15) is 11.6 Å². The zero-order valence-electron chi connectivity index (χ0n) is 12.3. The van der Waals surface area contributed by atoms with Crippen molar-refractivity contribution in [3.05, 3.63) is 36.0 Å². The lowest BCUT2D eigenvalue weighted by atomic mass is 10.3. The molecule has 0 aliphatic heterocycles. The third kappa shape index (κ3) is 4.27. The van der Waals surface area contributed by atoms with Gasteiger partial charge in [0.05, 0.1) is 0 Å². The van der Waals surface area contributed by atoms with E-state index < -0.39 is 0 Å². The summed E-state index contributed by atoms with van der Waals surface area (Å²) >= 11 is 0. The Bertz CT molecular complexity index is 577. The van der Waals surface area contributed by atoms with Gasteiger partial charge in [0, 0.05) is 39.0 Å². The monoisotopic (exact) mass is 288 g/mol. The Hall–Kier alpha value is -2.44. The molecule has 2 N–H and O–H groups in total. The van der Waals surface area contributed by atoms with E-state index in [2.05, 4.69) is 32.7 Å². The van der Waals surface area contributed by atoms with Gasteiger partial charge in [-0.1, -0.05) is 6.92 Å². The van der Waals surface area contributed by atoms with Crippen LogP contribution in [-0.4, -0.2) is 38.7 Å². The van der Waals surface area contributed by atoms with Crippen molar-refractivity contribution in [3.8, 4) is 0 Å². The molecule has 0 saturated heterocycles. The van der Waals surface area contributed by atoms with Crippen LogP contribution in [0, 0.1) is 0 Å². The maximum Gasteiger partial charge on any atom is 0.271 e. The summed E-state index contributed by atoms with van der Waals surface area (Å²) in [6.45, 7) is 3.43. The summed E-state index contributed by atoms with van der Waals surface area (Å²) in [5, 5.41) is 13.8. The molecule has 2 heterocycles. The maximum absolute atomic E-state index is 11.9. The van der Waals surface area contributed by atoms with Crippen molar-refractivity contribution in [2.75, 3.05) is 18.4 Å². The van der Waals surface area contributed by atoms with Crippen LogP contribution in [0.4, 0.5) is 5.82 Å². The first-order valence-electron chi connectivity index (χ1n) is 7.02. The molecule has 21 heavy (non-hydrogen) atoms. The minimum atomic E-state index is -0.223. The number of hydrogen-bond donors (Lipinski definition) is 2. The normalized spacial score (nSPS) is 10.4. The molecule has 7 nitrogen and oxygen atoms in total. The van der Waals surface area contributed by atoms with Crippen LogP contribution in [-0.2, 0) is 13.5 Å². The van der Waals surface area contributed by atoms with E-state index in [0.29, 0.717) is 24.5 Å². The van der Waals surface area contributed by atoms with Crippen LogP contribution < -0.4 is 10.6 Å². The average Bonchev–Trinajstić information content (AvgIpc) is 2.91. The summed E-state index contributed by atoms with van der Waals surface area (Å²) in [7, 11) is 1.93. The van der Waals surface area contributed by atoms with Crippen LogP contribution in [0.1, 0.15) is 29.7 Å². The van der Waals surface area contributed by atoms with Crippen molar-refractivity contribution in [1.82, 2.24) is 25.1 Å². The molecule has 0 atom stereocenters. The minimum Gasteiger partial charge on any atom is -0.369 e. The molecule has 0 bridgehead atoms. The van der Waals surface area contributed by atoms with Gasteiger partial charge < -0.3 is 15.2 Å². The number of rotatable bonds is 7. The van der Waals surface area contributed by atoms with E-state index >= 15 is 0 Å². The molecule has 1 amide bonds. The highest BCUT2D eigenvalue weighted by Gasteiger charge is 2.08. The third-order valence-corrected chi connectivity index (χ3v) is 3.01. The van der Waals surface area contributed by atoms with Gasteiger partial charge in [-0.05, 0) is 18.6 Å². The highest BCUT2D eigenvalue weighted by atomic mass is 16.1. The van der Waals surface area contributed by atoms with Crippen LogP contribution >= 0.6 is 0 Å². The second-order valence-corrected chi connectivity index (χ2v) is 4.69. The van der Waals surface area contributed by atoms with Crippen molar-refractivity contribution in [2.24, 2.45) is 7.05 Å². The summed E-state index contributed by atoms with van der Waals surface area (Å²) < 4.78 is 1.93. The molecule has 0 fully saturated rings. The molecule has 0 aliphatic rings. The van der Waals surface area contributed by atoms with Crippen molar-refractivity contribution in [3.63, 3.8) is 0 Å². The Morgan fingerprint density at radius 3 is 2.76 bits per heavy atom. The Balaban J connectivity index is 1.81. The van der Waals surface area contributed by atoms with Crippen LogP contribution in [0.15, 0.2) is 24.5 Å². The second kappa shape index (κ2) is 7.37. The summed E-state index contributed by atoms with van der Waals surface area (Å²) in [4.78, 5) is 16.1. The number of nitrogens with one attached hydrogen (secondary N) is 2. The Morgan fingerprint density at radius 1 is 1.29 bits per heavy atom. The molecular weight excluding hydrogens is 268 g/mol. The zero-order chi connectivity index (χ0) is 15.1. The Morgan fingerprint density at radius 2 is 2.14 bits per heavy atom. The standard InChI is InChI=1S/C14H20N6O/c1-3-7-15-12-5-4-11(18-19-12)14(21)17-8-6-13-16-9-10-20(13)2/h4-5,9-10H,3,6-8H2,1-2H3,(H,15,19)(H,17,21). The third-order valence-electron chi connectivity index (χ3n) is 3.01. The molecule has 0 aliphatic carbocycles. The SMILES string of the molecule is CCCNc1ccc(C(=O)NCCc2nccn2C)nn1.